The van der Waals surface area contributed by atoms with Crippen LogP contribution in [-0.4, -0.2) is 97.6 Å². The van der Waals surface area contributed by atoms with Crippen LogP contribution >= 0.6 is 0 Å². The van der Waals surface area contributed by atoms with Crippen molar-refractivity contribution in [3.63, 3.8) is 0 Å². The maximum atomic E-state index is 12.5. The number of carboxylic acid groups (broad SMARTS) is 1. The lowest BCUT2D eigenvalue weighted by atomic mass is 9.84. The molecule has 1 N–H and O–H groups in total. The van der Waals surface area contributed by atoms with Gasteiger partial charge in [0.1, 0.15) is 17.2 Å². The van der Waals surface area contributed by atoms with E-state index in [0.29, 0.717) is 44.5 Å². The number of rotatable bonds is 26. The Bertz CT molecular complexity index is 1750. The van der Waals surface area contributed by atoms with Crippen LogP contribution in [0.3, 0.4) is 0 Å². The molecular formula is C48H67NO10Si2. The van der Waals surface area contributed by atoms with Crippen molar-refractivity contribution in [3.05, 3.63) is 125 Å². The van der Waals surface area contributed by atoms with Crippen molar-refractivity contribution in [2.45, 2.75) is 95.7 Å². The Morgan fingerprint density at radius 3 is 1.49 bits per heavy atom. The van der Waals surface area contributed by atoms with E-state index in [9.17, 15) is 9.90 Å². The molecule has 0 spiro atoms. The van der Waals surface area contributed by atoms with Crippen molar-refractivity contribution in [1.82, 2.24) is 4.90 Å². The lowest BCUT2D eigenvalue weighted by molar-refractivity contribution is -0.0937. The molecule has 1 aliphatic rings. The van der Waals surface area contributed by atoms with Gasteiger partial charge in [0.2, 0.25) is 0 Å². The van der Waals surface area contributed by atoms with Crippen LogP contribution in [0.25, 0.3) is 0 Å². The molecule has 332 valence electrons. The zero-order valence-electron chi connectivity index (χ0n) is 37.0. The van der Waals surface area contributed by atoms with Gasteiger partial charge in [0, 0.05) is 41.7 Å². The van der Waals surface area contributed by atoms with E-state index in [-0.39, 0.29) is 45.8 Å². The molecule has 11 nitrogen and oxygen atoms in total. The third kappa shape index (κ3) is 18.0. The fourth-order valence-electron chi connectivity index (χ4n) is 6.64. The van der Waals surface area contributed by atoms with Gasteiger partial charge in [-0.3, -0.25) is 0 Å². The maximum absolute atomic E-state index is 12.5. The molecule has 13 heteroatoms. The normalized spacial score (nSPS) is 17.0. The minimum absolute atomic E-state index is 0.198. The lowest BCUT2D eigenvalue weighted by Gasteiger charge is -2.42. The first kappa shape index (κ1) is 47.8. The average Bonchev–Trinajstić information content (AvgIpc) is 3.23. The zero-order chi connectivity index (χ0) is 43.5. The number of nitrogens with zero attached hydrogens (tertiary/aromatic N) is 1. The van der Waals surface area contributed by atoms with Gasteiger partial charge in [-0.05, 0) is 70.7 Å². The summed E-state index contributed by atoms with van der Waals surface area (Å²) in [6.07, 6.45) is -1.24. The lowest BCUT2D eigenvalue weighted by Crippen LogP contribution is -2.54. The van der Waals surface area contributed by atoms with Crippen LogP contribution < -0.4 is 14.2 Å². The number of hydrogen-bond donors (Lipinski definition) is 1. The second kappa shape index (κ2) is 24.4. The van der Waals surface area contributed by atoms with E-state index in [4.69, 9.17) is 37.9 Å². The molecule has 0 radical (unpaired) electrons. The van der Waals surface area contributed by atoms with Crippen LogP contribution in [0.2, 0.25) is 51.4 Å². The topological polar surface area (TPSA) is 114 Å². The van der Waals surface area contributed by atoms with Crippen molar-refractivity contribution in [1.29, 1.82) is 0 Å². The Morgan fingerprint density at radius 2 is 1.02 bits per heavy atom. The molecule has 1 aliphatic heterocycles. The number of ether oxygens (including phenoxy) is 8. The minimum atomic E-state index is -1.17. The molecule has 1 unspecified atom stereocenters. The molecule has 3 atom stereocenters. The highest BCUT2D eigenvalue weighted by Crippen LogP contribution is 2.35. The van der Waals surface area contributed by atoms with Gasteiger partial charge in [0.05, 0.1) is 58.3 Å². The minimum Gasteiger partial charge on any atom is -0.494 e. The highest BCUT2D eigenvalue weighted by molar-refractivity contribution is 6.76. The summed E-state index contributed by atoms with van der Waals surface area (Å²) in [4.78, 5) is 13.9. The molecule has 0 aliphatic carbocycles. The van der Waals surface area contributed by atoms with Gasteiger partial charge >= 0.3 is 6.09 Å². The predicted molar refractivity (Wildman–Crippen MR) is 244 cm³/mol. The highest BCUT2D eigenvalue weighted by atomic mass is 28.3. The van der Waals surface area contributed by atoms with Gasteiger partial charge in [-0.15, -0.1) is 0 Å². The molecule has 4 aromatic carbocycles. The molecule has 5 rings (SSSR count). The van der Waals surface area contributed by atoms with Crippen molar-refractivity contribution in [3.8, 4) is 17.2 Å². The smallest absolute Gasteiger partial charge is 0.407 e. The fourth-order valence-corrected chi connectivity index (χ4v) is 8.15. The number of piperidine rings is 1. The van der Waals surface area contributed by atoms with E-state index in [0.717, 1.165) is 46.5 Å². The van der Waals surface area contributed by atoms with Crippen LogP contribution in [0.15, 0.2) is 103 Å². The number of likely N-dealkylation sites (tertiary alicyclic amines) is 1. The second-order valence-corrected chi connectivity index (χ2v) is 29.2. The Kier molecular flexibility index (Phi) is 19.2. The molecule has 1 fully saturated rings. The Hall–Kier alpha value is -4.22. The number of carbonyl (C=O) groups is 1. The molecule has 61 heavy (non-hydrogen) atoms. The number of benzene rings is 4. The number of amides is 1. The Morgan fingerprint density at radius 1 is 0.557 bits per heavy atom. The first-order valence-electron chi connectivity index (χ1n) is 21.5. The molecule has 0 aromatic heterocycles. The first-order chi connectivity index (χ1) is 29.3. The highest BCUT2D eigenvalue weighted by Gasteiger charge is 2.41. The molecule has 1 heterocycles. The Balaban J connectivity index is 1.22. The summed E-state index contributed by atoms with van der Waals surface area (Å²) in [5.74, 6) is 1.91. The predicted octanol–water partition coefficient (Wildman–Crippen LogP) is 10.3. The van der Waals surface area contributed by atoms with Crippen LogP contribution in [0.1, 0.15) is 34.6 Å². The SMILES string of the molecule is C[Si](C)(C)CCOCOc1ccc(CO[C@H]2CN(C(=O)O)C[C@@H](OCc3ccc(OCOCC[Si](C)(C)C)cc3)C2c2ccc(OCCCOCc3ccccc3)cc2)cc1. The number of hydrogen-bond acceptors (Lipinski definition) is 9. The summed E-state index contributed by atoms with van der Waals surface area (Å²) in [5.41, 5.74) is 4.01. The maximum Gasteiger partial charge on any atom is 0.407 e. The molecule has 1 saturated heterocycles. The van der Waals surface area contributed by atoms with E-state index in [1.54, 1.807) is 0 Å². The van der Waals surface area contributed by atoms with E-state index < -0.39 is 34.4 Å². The van der Waals surface area contributed by atoms with E-state index in [1.165, 1.54) is 4.90 Å². The fraction of sp³-hybridized carbons (Fsp3) is 0.479. The van der Waals surface area contributed by atoms with Gasteiger partial charge in [-0.25, -0.2) is 4.79 Å². The summed E-state index contributed by atoms with van der Waals surface area (Å²) in [7, 11) is -2.33. The van der Waals surface area contributed by atoms with E-state index in [1.807, 2.05) is 91.0 Å². The summed E-state index contributed by atoms with van der Waals surface area (Å²) >= 11 is 0. The van der Waals surface area contributed by atoms with Gasteiger partial charge in [0.25, 0.3) is 0 Å². The summed E-state index contributed by atoms with van der Waals surface area (Å²) in [6, 6.07) is 35.7. The van der Waals surface area contributed by atoms with Crippen LogP contribution in [0, 0.1) is 0 Å². The standard InChI is InChI=1S/C48H67NO10Si2/c1-60(2,3)29-27-53-36-58-43-19-13-39(14-20-43)34-56-45-31-49(48(50)51)32-46(57-35-40-15-21-44(22-16-40)59-37-54-28-30-61(4,5)6)47(45)41-17-23-42(24-18-41)55-26-10-25-52-33-38-11-8-7-9-12-38/h7-9,11-24,45-47H,10,25-37H2,1-6H3,(H,50,51)/t45-,46+,47?. The second-order valence-electron chi connectivity index (χ2n) is 18.0. The summed E-state index contributed by atoms with van der Waals surface area (Å²) in [6.45, 7) is 18.4. The van der Waals surface area contributed by atoms with E-state index in [2.05, 4.69) is 51.4 Å². The van der Waals surface area contributed by atoms with E-state index >= 15 is 0 Å². The van der Waals surface area contributed by atoms with Crippen molar-refractivity contribution < 1.29 is 47.8 Å². The van der Waals surface area contributed by atoms with Crippen molar-refractivity contribution >= 4 is 22.2 Å². The van der Waals surface area contributed by atoms with Crippen molar-refractivity contribution in [2.75, 3.05) is 53.1 Å². The van der Waals surface area contributed by atoms with Gasteiger partial charge in [-0.1, -0.05) is 106 Å². The van der Waals surface area contributed by atoms with Gasteiger partial charge in [-0.2, -0.15) is 0 Å². The summed E-state index contributed by atoms with van der Waals surface area (Å²) < 4.78 is 48.2. The molecule has 0 saturated carbocycles. The van der Waals surface area contributed by atoms with Gasteiger partial charge < -0.3 is 47.9 Å². The third-order valence-corrected chi connectivity index (χ3v) is 13.7. The quantitative estimate of drug-likeness (QED) is 0.0372. The van der Waals surface area contributed by atoms with Crippen molar-refractivity contribution in [2.24, 2.45) is 0 Å². The monoisotopic (exact) mass is 873 g/mol. The molecular weight excluding hydrogens is 807 g/mol. The summed E-state index contributed by atoms with van der Waals surface area (Å²) in [5, 5.41) is 10.2. The van der Waals surface area contributed by atoms with Crippen LogP contribution in [0.4, 0.5) is 4.79 Å². The van der Waals surface area contributed by atoms with Crippen LogP contribution in [-0.2, 0) is 43.5 Å². The largest absolute Gasteiger partial charge is 0.494 e. The molecule has 0 bridgehead atoms. The average molecular weight is 874 g/mol. The van der Waals surface area contributed by atoms with Crippen LogP contribution in [0.5, 0.6) is 17.2 Å². The Labute approximate surface area is 365 Å². The molecule has 1 amide bonds. The molecule has 4 aromatic rings. The zero-order valence-corrected chi connectivity index (χ0v) is 39.0. The first-order valence-corrected chi connectivity index (χ1v) is 28.9. The third-order valence-electron chi connectivity index (χ3n) is 10.3. The van der Waals surface area contributed by atoms with Gasteiger partial charge in [0.15, 0.2) is 13.6 Å².